The van der Waals surface area contributed by atoms with Crippen LogP contribution in [-0.4, -0.2) is 17.4 Å². The Kier molecular flexibility index (Phi) is 5.86. The molecule has 116 valence electrons. The zero-order valence-electron chi connectivity index (χ0n) is 12.4. The van der Waals surface area contributed by atoms with E-state index in [4.69, 9.17) is 5.73 Å². The van der Waals surface area contributed by atoms with E-state index in [-0.39, 0.29) is 18.1 Å². The quantitative estimate of drug-likeness (QED) is 0.602. The van der Waals surface area contributed by atoms with Crippen LogP contribution in [0.4, 0.5) is 11.4 Å². The fourth-order valence-electron chi connectivity index (χ4n) is 2.16. The zero-order valence-corrected chi connectivity index (χ0v) is 14.0. The van der Waals surface area contributed by atoms with Gasteiger partial charge < -0.3 is 11.1 Å². The molecule has 0 saturated heterocycles. The monoisotopic (exact) mass is 357 g/mol. The summed E-state index contributed by atoms with van der Waals surface area (Å²) in [6, 6.07) is 2.99. The number of hydrogen-bond acceptors (Lipinski definition) is 4. The summed E-state index contributed by atoms with van der Waals surface area (Å²) in [6.07, 6.45) is 1.22. The minimum Gasteiger partial charge on any atom is -0.329 e. The van der Waals surface area contributed by atoms with Crippen molar-refractivity contribution in [3.63, 3.8) is 0 Å². The van der Waals surface area contributed by atoms with E-state index in [1.165, 1.54) is 6.07 Å². The van der Waals surface area contributed by atoms with Crippen molar-refractivity contribution in [2.45, 2.75) is 33.6 Å². The summed E-state index contributed by atoms with van der Waals surface area (Å²) in [5.41, 5.74) is 5.98. The Labute approximate surface area is 132 Å². The number of carbonyl (C=O) groups is 1. The Morgan fingerprint density at radius 2 is 2.00 bits per heavy atom. The first kappa shape index (κ1) is 17.6. The maximum Gasteiger partial charge on any atom is 0.274 e. The van der Waals surface area contributed by atoms with Gasteiger partial charge in [0, 0.05) is 22.6 Å². The Morgan fingerprint density at radius 1 is 1.43 bits per heavy atom. The van der Waals surface area contributed by atoms with Crippen LogP contribution in [0.1, 0.15) is 32.3 Å². The Hall–Kier alpha value is -1.47. The van der Waals surface area contributed by atoms with E-state index < -0.39 is 10.3 Å². The lowest BCUT2D eigenvalue weighted by atomic mass is 9.81. The highest BCUT2D eigenvalue weighted by Gasteiger charge is 2.33. The van der Waals surface area contributed by atoms with Crippen LogP contribution in [0.5, 0.6) is 0 Å². The van der Waals surface area contributed by atoms with Crippen LogP contribution in [0.3, 0.4) is 0 Å². The summed E-state index contributed by atoms with van der Waals surface area (Å²) in [6.45, 7) is 5.69. The number of anilines is 1. The van der Waals surface area contributed by atoms with E-state index in [0.29, 0.717) is 28.6 Å². The van der Waals surface area contributed by atoms with Gasteiger partial charge in [0.15, 0.2) is 0 Å². The van der Waals surface area contributed by atoms with Gasteiger partial charge in [0.1, 0.15) is 0 Å². The molecule has 3 N–H and O–H groups in total. The summed E-state index contributed by atoms with van der Waals surface area (Å²) in [5.74, 6) is -0.214. The fraction of sp³-hybridized carbons (Fsp3) is 0.500. The summed E-state index contributed by atoms with van der Waals surface area (Å²) in [5, 5.41) is 13.8. The van der Waals surface area contributed by atoms with E-state index in [9.17, 15) is 14.9 Å². The number of nitrogens with zero attached hydrogens (tertiary/aromatic N) is 1. The molecule has 7 heteroatoms. The number of halogens is 1. The second-order valence-electron chi connectivity index (χ2n) is 5.02. The van der Waals surface area contributed by atoms with Gasteiger partial charge in [-0.05, 0) is 41.8 Å². The fourth-order valence-corrected chi connectivity index (χ4v) is 2.72. The maximum absolute atomic E-state index is 12.5. The number of hydrogen-bond donors (Lipinski definition) is 2. The van der Waals surface area contributed by atoms with Crippen molar-refractivity contribution in [3.05, 3.63) is 32.3 Å². The van der Waals surface area contributed by atoms with E-state index in [1.54, 1.807) is 13.0 Å². The third kappa shape index (κ3) is 3.59. The summed E-state index contributed by atoms with van der Waals surface area (Å²) in [7, 11) is 0. The van der Waals surface area contributed by atoms with Gasteiger partial charge in [0.05, 0.1) is 16.0 Å². The van der Waals surface area contributed by atoms with E-state index in [0.717, 1.165) is 0 Å². The van der Waals surface area contributed by atoms with E-state index in [2.05, 4.69) is 21.2 Å². The molecule has 21 heavy (non-hydrogen) atoms. The van der Waals surface area contributed by atoms with Gasteiger partial charge in [0.25, 0.3) is 5.69 Å². The smallest absolute Gasteiger partial charge is 0.274 e. The number of carbonyl (C=O) groups excluding carboxylic acids is 1. The number of rotatable bonds is 6. The molecule has 0 atom stereocenters. The van der Waals surface area contributed by atoms with Crippen LogP contribution in [0, 0.1) is 22.5 Å². The minimum absolute atomic E-state index is 0.0279. The Bertz CT molecular complexity index is 548. The number of nitrogens with two attached hydrogens (primary N) is 1. The molecule has 0 aliphatic heterocycles. The van der Waals surface area contributed by atoms with Gasteiger partial charge in [-0.1, -0.05) is 13.8 Å². The van der Waals surface area contributed by atoms with Crippen molar-refractivity contribution in [1.82, 2.24) is 0 Å². The van der Waals surface area contributed by atoms with Crippen molar-refractivity contribution in [3.8, 4) is 0 Å². The van der Waals surface area contributed by atoms with Crippen LogP contribution < -0.4 is 11.1 Å². The van der Waals surface area contributed by atoms with E-state index >= 15 is 0 Å². The maximum atomic E-state index is 12.5. The van der Waals surface area contributed by atoms with Crippen molar-refractivity contribution < 1.29 is 9.72 Å². The average molecular weight is 358 g/mol. The van der Waals surface area contributed by atoms with Crippen LogP contribution in [0.15, 0.2) is 16.6 Å². The molecule has 1 aromatic rings. The lowest BCUT2D eigenvalue weighted by molar-refractivity contribution is -0.385. The lowest BCUT2D eigenvalue weighted by Gasteiger charge is -2.28. The van der Waals surface area contributed by atoms with Gasteiger partial charge in [0.2, 0.25) is 5.91 Å². The molecule has 0 spiro atoms. The summed E-state index contributed by atoms with van der Waals surface area (Å²) < 4.78 is 0.608. The zero-order chi connectivity index (χ0) is 16.2. The first-order valence-electron chi connectivity index (χ1n) is 6.77. The van der Waals surface area contributed by atoms with Crippen molar-refractivity contribution in [2.24, 2.45) is 11.1 Å². The van der Waals surface area contributed by atoms with Gasteiger partial charge >= 0.3 is 0 Å². The standard InChI is InChI=1S/C14H20BrN3O3/c1-4-14(5-2,8-16)13(19)17-11-7-12(18(20)21)9(3)6-10(11)15/h6-7H,4-5,8,16H2,1-3H3,(H,17,19). The van der Waals surface area contributed by atoms with Gasteiger partial charge in [-0.3, -0.25) is 14.9 Å². The second kappa shape index (κ2) is 7.00. The van der Waals surface area contributed by atoms with Crippen LogP contribution >= 0.6 is 15.9 Å². The molecule has 0 aliphatic rings. The molecule has 1 amide bonds. The molecule has 0 aliphatic carbocycles. The third-order valence-electron chi connectivity index (χ3n) is 3.96. The summed E-state index contributed by atoms with van der Waals surface area (Å²) >= 11 is 3.32. The first-order valence-corrected chi connectivity index (χ1v) is 7.56. The molecule has 1 aromatic carbocycles. The number of nitrogens with one attached hydrogen (secondary N) is 1. The highest BCUT2D eigenvalue weighted by molar-refractivity contribution is 9.10. The molecule has 0 unspecified atom stereocenters. The molecule has 0 heterocycles. The highest BCUT2D eigenvalue weighted by Crippen LogP contribution is 2.33. The molecule has 1 rings (SSSR count). The number of aryl methyl sites for hydroxylation is 1. The van der Waals surface area contributed by atoms with Crippen LogP contribution in [0.25, 0.3) is 0 Å². The number of benzene rings is 1. The highest BCUT2D eigenvalue weighted by atomic mass is 79.9. The molecular weight excluding hydrogens is 338 g/mol. The lowest BCUT2D eigenvalue weighted by Crippen LogP contribution is -2.41. The molecule has 0 bridgehead atoms. The van der Waals surface area contributed by atoms with Gasteiger partial charge in [-0.15, -0.1) is 0 Å². The number of nitro groups is 1. The molecule has 6 nitrogen and oxygen atoms in total. The van der Waals surface area contributed by atoms with Crippen LogP contribution in [0.2, 0.25) is 0 Å². The SMILES string of the molecule is CCC(CC)(CN)C(=O)Nc1cc([N+](=O)[O-])c(C)cc1Br. The molecule has 0 fully saturated rings. The van der Waals surface area contributed by atoms with Crippen molar-refractivity contribution >= 4 is 33.2 Å². The van der Waals surface area contributed by atoms with Crippen molar-refractivity contribution in [1.29, 1.82) is 0 Å². The van der Waals surface area contributed by atoms with Gasteiger partial charge in [-0.2, -0.15) is 0 Å². The Balaban J connectivity index is 3.16. The second-order valence-corrected chi connectivity index (χ2v) is 5.88. The average Bonchev–Trinajstić information content (AvgIpc) is 2.44. The third-order valence-corrected chi connectivity index (χ3v) is 4.61. The first-order chi connectivity index (χ1) is 9.81. The number of amides is 1. The molecule has 0 radical (unpaired) electrons. The topological polar surface area (TPSA) is 98.3 Å². The minimum atomic E-state index is -0.654. The number of nitro benzene ring substituents is 1. The molecular formula is C14H20BrN3O3. The van der Waals surface area contributed by atoms with Crippen LogP contribution in [-0.2, 0) is 4.79 Å². The predicted molar refractivity (Wildman–Crippen MR) is 86.2 cm³/mol. The predicted octanol–water partition coefficient (Wildman–Crippen LogP) is 3.37. The van der Waals surface area contributed by atoms with Gasteiger partial charge in [-0.25, -0.2) is 0 Å². The normalized spacial score (nSPS) is 11.3. The molecule has 0 saturated carbocycles. The summed E-state index contributed by atoms with van der Waals surface area (Å²) in [4.78, 5) is 23.0. The largest absolute Gasteiger partial charge is 0.329 e. The Morgan fingerprint density at radius 3 is 2.43 bits per heavy atom. The van der Waals surface area contributed by atoms with E-state index in [1.807, 2.05) is 13.8 Å². The molecule has 0 aromatic heterocycles. The van der Waals surface area contributed by atoms with Crippen molar-refractivity contribution in [2.75, 3.05) is 11.9 Å².